The first-order valence-electron chi connectivity index (χ1n) is 4.33. The molecule has 1 aromatic carbocycles. The Morgan fingerprint density at radius 3 is 2.64 bits per heavy atom. The SMILES string of the molecule is Cc1cc(/C=C/CCBr)c(F)cc1F. The lowest BCUT2D eigenvalue weighted by molar-refractivity contribution is 0.576. The molecule has 0 nitrogen and oxygen atoms in total. The van der Waals surface area contributed by atoms with Gasteiger partial charge in [0.2, 0.25) is 0 Å². The highest BCUT2D eigenvalue weighted by atomic mass is 79.9. The smallest absolute Gasteiger partial charge is 0.133 e. The summed E-state index contributed by atoms with van der Waals surface area (Å²) in [5.74, 6) is -1.01. The molecule has 0 saturated heterocycles. The maximum Gasteiger partial charge on any atom is 0.133 e. The quantitative estimate of drug-likeness (QED) is 0.719. The Balaban J connectivity index is 2.92. The van der Waals surface area contributed by atoms with Gasteiger partial charge in [-0.2, -0.15) is 0 Å². The summed E-state index contributed by atoms with van der Waals surface area (Å²) in [7, 11) is 0. The Morgan fingerprint density at radius 1 is 1.29 bits per heavy atom. The maximum absolute atomic E-state index is 13.2. The fourth-order valence-electron chi connectivity index (χ4n) is 1.08. The molecule has 1 rings (SSSR count). The molecule has 0 saturated carbocycles. The minimum absolute atomic E-state index is 0.435. The van der Waals surface area contributed by atoms with Crippen molar-refractivity contribution in [1.82, 2.24) is 0 Å². The van der Waals surface area contributed by atoms with Crippen LogP contribution >= 0.6 is 15.9 Å². The average Bonchev–Trinajstić information content (AvgIpc) is 2.14. The van der Waals surface area contributed by atoms with E-state index in [4.69, 9.17) is 0 Å². The zero-order chi connectivity index (χ0) is 10.6. The van der Waals surface area contributed by atoms with E-state index in [0.717, 1.165) is 17.8 Å². The third kappa shape index (κ3) is 2.91. The van der Waals surface area contributed by atoms with E-state index in [1.165, 1.54) is 6.07 Å². The number of hydrogen-bond donors (Lipinski definition) is 0. The molecular formula is C11H11BrF2. The first-order chi connectivity index (χ1) is 6.65. The van der Waals surface area contributed by atoms with Crippen LogP contribution in [0, 0.1) is 18.6 Å². The number of allylic oxidation sites excluding steroid dienone is 1. The Bertz CT molecular complexity index is 345. The van der Waals surface area contributed by atoms with Gasteiger partial charge < -0.3 is 0 Å². The summed E-state index contributed by atoms with van der Waals surface area (Å²) in [5, 5.41) is 0.839. The monoisotopic (exact) mass is 260 g/mol. The predicted octanol–water partition coefficient (Wildman–Crippen LogP) is 4.07. The highest BCUT2D eigenvalue weighted by molar-refractivity contribution is 9.09. The van der Waals surface area contributed by atoms with Crippen LogP contribution < -0.4 is 0 Å². The molecular weight excluding hydrogens is 250 g/mol. The highest BCUT2D eigenvalue weighted by Crippen LogP contribution is 2.15. The first-order valence-corrected chi connectivity index (χ1v) is 5.45. The molecule has 0 aliphatic rings. The molecule has 76 valence electrons. The van der Waals surface area contributed by atoms with Crippen LogP contribution in [0.15, 0.2) is 18.2 Å². The molecule has 0 unspecified atom stereocenters. The third-order valence-corrected chi connectivity index (χ3v) is 2.31. The average molecular weight is 261 g/mol. The van der Waals surface area contributed by atoms with Gasteiger partial charge in [-0.3, -0.25) is 0 Å². The van der Waals surface area contributed by atoms with E-state index < -0.39 is 11.6 Å². The number of aryl methyl sites for hydroxylation is 1. The van der Waals surface area contributed by atoms with Crippen molar-refractivity contribution < 1.29 is 8.78 Å². The molecule has 0 aromatic heterocycles. The van der Waals surface area contributed by atoms with Crippen molar-refractivity contribution in [3.05, 3.63) is 41.0 Å². The summed E-state index contributed by atoms with van der Waals surface area (Å²) in [4.78, 5) is 0. The van der Waals surface area contributed by atoms with Gasteiger partial charge in [0.25, 0.3) is 0 Å². The Hall–Kier alpha value is -0.700. The van der Waals surface area contributed by atoms with Crippen LogP contribution in [0.4, 0.5) is 8.78 Å². The van der Waals surface area contributed by atoms with Crippen molar-refractivity contribution in [1.29, 1.82) is 0 Å². The topological polar surface area (TPSA) is 0 Å². The van der Waals surface area contributed by atoms with Crippen LogP contribution in [-0.2, 0) is 0 Å². The fraction of sp³-hybridized carbons (Fsp3) is 0.273. The molecule has 14 heavy (non-hydrogen) atoms. The second kappa shape index (κ2) is 5.25. The van der Waals surface area contributed by atoms with Crippen LogP contribution in [0.3, 0.4) is 0 Å². The number of hydrogen-bond acceptors (Lipinski definition) is 0. The summed E-state index contributed by atoms with van der Waals surface area (Å²) < 4.78 is 26.0. The number of benzene rings is 1. The number of alkyl halides is 1. The van der Waals surface area contributed by atoms with Crippen LogP contribution in [-0.4, -0.2) is 5.33 Å². The minimum atomic E-state index is -0.515. The second-order valence-corrected chi connectivity index (χ2v) is 3.80. The van der Waals surface area contributed by atoms with E-state index >= 15 is 0 Å². The predicted molar refractivity (Wildman–Crippen MR) is 58.5 cm³/mol. The Morgan fingerprint density at radius 2 is 2.00 bits per heavy atom. The Kier molecular flexibility index (Phi) is 4.26. The minimum Gasteiger partial charge on any atom is -0.207 e. The van der Waals surface area contributed by atoms with E-state index in [-0.39, 0.29) is 0 Å². The summed E-state index contributed by atoms with van der Waals surface area (Å²) in [6.07, 6.45) is 4.35. The molecule has 0 atom stereocenters. The molecule has 1 aromatic rings. The lowest BCUT2D eigenvalue weighted by atomic mass is 10.1. The van der Waals surface area contributed by atoms with Gasteiger partial charge in [-0.05, 0) is 25.0 Å². The van der Waals surface area contributed by atoms with Crippen LogP contribution in [0.2, 0.25) is 0 Å². The molecule has 0 bridgehead atoms. The molecule has 0 spiro atoms. The fourth-order valence-corrected chi connectivity index (χ4v) is 1.34. The lowest BCUT2D eigenvalue weighted by Gasteiger charge is -2.00. The normalized spacial score (nSPS) is 11.1. The molecule has 0 aliphatic carbocycles. The maximum atomic E-state index is 13.2. The standard InChI is InChI=1S/C11H11BrF2/c1-8-6-9(4-2-3-5-12)11(14)7-10(8)13/h2,4,6-7H,3,5H2,1H3/b4-2+. The van der Waals surface area contributed by atoms with Gasteiger partial charge in [-0.25, -0.2) is 8.78 Å². The zero-order valence-electron chi connectivity index (χ0n) is 7.86. The molecule has 0 radical (unpaired) electrons. The molecule has 0 aliphatic heterocycles. The van der Waals surface area contributed by atoms with E-state index in [1.807, 2.05) is 6.08 Å². The van der Waals surface area contributed by atoms with Crippen molar-refractivity contribution in [3.63, 3.8) is 0 Å². The summed E-state index contributed by atoms with van der Waals surface area (Å²) >= 11 is 3.26. The van der Waals surface area contributed by atoms with Gasteiger partial charge in [0.1, 0.15) is 11.6 Å². The molecule has 0 fully saturated rings. The summed E-state index contributed by atoms with van der Waals surface area (Å²) in [5.41, 5.74) is 0.898. The third-order valence-electron chi connectivity index (χ3n) is 1.85. The number of rotatable bonds is 3. The van der Waals surface area contributed by atoms with Crippen molar-refractivity contribution in [2.45, 2.75) is 13.3 Å². The lowest BCUT2D eigenvalue weighted by Crippen LogP contribution is -1.89. The number of halogens is 3. The molecule has 0 N–H and O–H groups in total. The van der Waals surface area contributed by atoms with E-state index in [0.29, 0.717) is 11.1 Å². The second-order valence-electron chi connectivity index (χ2n) is 3.00. The van der Waals surface area contributed by atoms with Gasteiger partial charge in [-0.1, -0.05) is 28.1 Å². The van der Waals surface area contributed by atoms with Gasteiger partial charge in [-0.15, -0.1) is 0 Å². The van der Waals surface area contributed by atoms with Gasteiger partial charge in [0.05, 0.1) is 0 Å². The summed E-state index contributed by atoms with van der Waals surface area (Å²) in [6.45, 7) is 1.62. The zero-order valence-corrected chi connectivity index (χ0v) is 9.44. The molecule has 0 amide bonds. The molecule has 3 heteroatoms. The molecule has 0 heterocycles. The van der Waals surface area contributed by atoms with Gasteiger partial charge in [0, 0.05) is 17.0 Å². The largest absolute Gasteiger partial charge is 0.207 e. The highest BCUT2D eigenvalue weighted by Gasteiger charge is 2.03. The summed E-state index contributed by atoms with van der Waals surface area (Å²) in [6, 6.07) is 2.43. The van der Waals surface area contributed by atoms with Crippen molar-refractivity contribution in [2.24, 2.45) is 0 Å². The van der Waals surface area contributed by atoms with Gasteiger partial charge in [0.15, 0.2) is 0 Å². The van der Waals surface area contributed by atoms with Crippen LogP contribution in [0.5, 0.6) is 0 Å². The van der Waals surface area contributed by atoms with Crippen molar-refractivity contribution >= 4 is 22.0 Å². The first kappa shape index (κ1) is 11.4. The van der Waals surface area contributed by atoms with E-state index in [2.05, 4.69) is 15.9 Å². The van der Waals surface area contributed by atoms with Gasteiger partial charge >= 0.3 is 0 Å². The van der Waals surface area contributed by atoms with E-state index in [1.54, 1.807) is 13.0 Å². The van der Waals surface area contributed by atoms with Crippen LogP contribution in [0.25, 0.3) is 6.08 Å². The van der Waals surface area contributed by atoms with Crippen molar-refractivity contribution in [2.75, 3.05) is 5.33 Å². The Labute approximate surface area is 90.8 Å². The van der Waals surface area contributed by atoms with E-state index in [9.17, 15) is 8.78 Å². The van der Waals surface area contributed by atoms with Crippen LogP contribution in [0.1, 0.15) is 17.5 Å². The van der Waals surface area contributed by atoms with Crippen molar-refractivity contribution in [3.8, 4) is 0 Å².